The van der Waals surface area contributed by atoms with Gasteiger partial charge in [0.25, 0.3) is 5.56 Å². The second-order valence-electron chi connectivity index (χ2n) is 10.6. The van der Waals surface area contributed by atoms with Crippen LogP contribution in [0.3, 0.4) is 0 Å². The van der Waals surface area contributed by atoms with Gasteiger partial charge in [0.15, 0.2) is 5.52 Å². The first-order chi connectivity index (χ1) is 19.3. The van der Waals surface area contributed by atoms with E-state index in [4.69, 9.17) is 17.3 Å². The SMILES string of the molecule is Cl.Cl.Cn1nc2c(=O)n(CC3(O)CCN(Cc4ccc(-c5ccsc5)cc4Cl)CC3)cnc2c1-c1ccc(CN)cc1. The summed E-state index contributed by atoms with van der Waals surface area (Å²) < 4.78 is 3.18. The van der Waals surface area contributed by atoms with E-state index < -0.39 is 5.60 Å². The van der Waals surface area contributed by atoms with Gasteiger partial charge in [0, 0.05) is 43.8 Å². The third kappa shape index (κ3) is 6.43. The maximum Gasteiger partial charge on any atom is 0.281 e. The van der Waals surface area contributed by atoms with Gasteiger partial charge in [0.1, 0.15) is 5.52 Å². The van der Waals surface area contributed by atoms with Crippen molar-refractivity contribution < 1.29 is 5.11 Å². The summed E-state index contributed by atoms with van der Waals surface area (Å²) in [4.78, 5) is 20.3. The Hall–Kier alpha value is -2.76. The number of likely N-dealkylation sites (tertiary alicyclic amines) is 1. The van der Waals surface area contributed by atoms with Crippen molar-refractivity contribution in [1.82, 2.24) is 24.2 Å². The molecule has 8 nitrogen and oxygen atoms in total. The van der Waals surface area contributed by atoms with Gasteiger partial charge in [-0.3, -0.25) is 18.9 Å². The van der Waals surface area contributed by atoms with Gasteiger partial charge < -0.3 is 10.8 Å². The molecule has 1 aliphatic heterocycles. The smallest absolute Gasteiger partial charge is 0.281 e. The molecule has 0 radical (unpaired) electrons. The van der Waals surface area contributed by atoms with Crippen LogP contribution in [-0.4, -0.2) is 48.0 Å². The molecule has 6 rings (SSSR count). The molecule has 3 N–H and O–H groups in total. The molecule has 3 aromatic heterocycles. The fraction of sp³-hybridized carbons (Fsp3) is 0.300. The normalized spacial score (nSPS) is 14.9. The maximum atomic E-state index is 13.4. The minimum Gasteiger partial charge on any atom is -0.388 e. The molecule has 1 fully saturated rings. The summed E-state index contributed by atoms with van der Waals surface area (Å²) in [6.07, 6.45) is 2.62. The summed E-state index contributed by atoms with van der Waals surface area (Å²) in [7, 11) is 1.81. The summed E-state index contributed by atoms with van der Waals surface area (Å²) in [6.45, 7) is 2.77. The Bertz CT molecular complexity index is 1710. The summed E-state index contributed by atoms with van der Waals surface area (Å²) in [5.74, 6) is 0. The third-order valence-electron chi connectivity index (χ3n) is 7.83. The number of piperidine rings is 1. The molecule has 1 saturated heterocycles. The second-order valence-corrected chi connectivity index (χ2v) is 11.8. The molecule has 0 amide bonds. The minimum atomic E-state index is -1.00. The molecule has 0 aliphatic carbocycles. The first-order valence-corrected chi connectivity index (χ1v) is 14.6. The number of aromatic nitrogens is 4. The molecule has 222 valence electrons. The van der Waals surface area contributed by atoms with Gasteiger partial charge in [-0.25, -0.2) is 4.98 Å². The van der Waals surface area contributed by atoms with E-state index in [0.29, 0.717) is 43.5 Å². The quantitative estimate of drug-likeness (QED) is 0.242. The van der Waals surface area contributed by atoms with Crippen molar-refractivity contribution in [2.45, 2.75) is 38.1 Å². The number of fused-ring (bicyclic) bond motifs is 1. The van der Waals surface area contributed by atoms with Crippen LogP contribution < -0.4 is 11.3 Å². The van der Waals surface area contributed by atoms with Crippen LogP contribution in [0, 0.1) is 0 Å². The summed E-state index contributed by atoms with van der Waals surface area (Å²) in [5.41, 5.74) is 11.4. The summed E-state index contributed by atoms with van der Waals surface area (Å²) >= 11 is 8.30. The summed E-state index contributed by atoms with van der Waals surface area (Å²) in [6, 6.07) is 16.2. The Morgan fingerprint density at radius 1 is 1.02 bits per heavy atom. The molecule has 42 heavy (non-hydrogen) atoms. The summed E-state index contributed by atoms with van der Waals surface area (Å²) in [5, 5.41) is 20.8. The number of hydrogen-bond acceptors (Lipinski definition) is 7. The Kier molecular flexibility index (Phi) is 10.2. The number of thiophene rings is 1. The molecule has 4 heterocycles. The molecule has 12 heteroatoms. The van der Waals surface area contributed by atoms with Crippen LogP contribution in [0.25, 0.3) is 33.4 Å². The monoisotopic (exact) mass is 646 g/mol. The zero-order valence-electron chi connectivity index (χ0n) is 23.1. The van der Waals surface area contributed by atoms with Gasteiger partial charge in [-0.15, -0.1) is 24.8 Å². The molecule has 0 atom stereocenters. The predicted octanol–water partition coefficient (Wildman–Crippen LogP) is 5.51. The van der Waals surface area contributed by atoms with Crippen molar-refractivity contribution in [2.24, 2.45) is 12.8 Å². The van der Waals surface area contributed by atoms with E-state index in [1.54, 1.807) is 16.0 Å². The number of hydrogen-bond donors (Lipinski definition) is 2. The lowest BCUT2D eigenvalue weighted by atomic mass is 9.91. The largest absolute Gasteiger partial charge is 0.388 e. The van der Waals surface area contributed by atoms with E-state index in [0.717, 1.165) is 39.5 Å². The fourth-order valence-corrected chi connectivity index (χ4v) is 6.36. The first-order valence-electron chi connectivity index (χ1n) is 13.3. The lowest BCUT2D eigenvalue weighted by molar-refractivity contribution is -0.0364. The van der Waals surface area contributed by atoms with Crippen molar-refractivity contribution in [2.75, 3.05) is 13.1 Å². The highest BCUT2D eigenvalue weighted by atomic mass is 35.5. The van der Waals surface area contributed by atoms with Gasteiger partial charge in [-0.1, -0.05) is 48.0 Å². The molecule has 2 aromatic carbocycles. The maximum absolute atomic E-state index is 13.4. The highest BCUT2D eigenvalue weighted by molar-refractivity contribution is 7.08. The van der Waals surface area contributed by atoms with Crippen LogP contribution in [0.1, 0.15) is 24.0 Å². The van der Waals surface area contributed by atoms with Crippen molar-refractivity contribution in [1.29, 1.82) is 0 Å². The topological polar surface area (TPSA) is 102 Å². The standard InChI is InChI=1S/C30H31ClN6O2S.2ClH/c1-35-28(21-4-2-20(15-32)3-5-21)26-27(34-35)29(38)37(19-33-26)18-30(39)9-11-36(12-10-30)16-23-7-6-22(14-25(23)31)24-8-13-40-17-24;;/h2-8,13-14,17,19,39H,9-12,15-16,18,32H2,1H3;2*1H. The Balaban J connectivity index is 0.00000202. The number of benzene rings is 2. The highest BCUT2D eigenvalue weighted by Crippen LogP contribution is 2.31. The number of aryl methyl sites for hydroxylation is 1. The fourth-order valence-electron chi connectivity index (χ4n) is 5.46. The average Bonchev–Trinajstić information content (AvgIpc) is 3.61. The van der Waals surface area contributed by atoms with Gasteiger partial charge in [-0.05, 0) is 58.0 Å². The molecule has 0 bridgehead atoms. The molecule has 0 saturated carbocycles. The molecular weight excluding hydrogens is 615 g/mol. The zero-order valence-corrected chi connectivity index (χ0v) is 26.3. The molecular formula is C30H33Cl3N6O2S. The van der Waals surface area contributed by atoms with E-state index in [2.05, 4.69) is 43.9 Å². The number of nitrogens with zero attached hydrogens (tertiary/aromatic N) is 5. The van der Waals surface area contributed by atoms with Crippen LogP contribution >= 0.6 is 47.8 Å². The lowest BCUT2D eigenvalue weighted by Gasteiger charge is -2.38. The van der Waals surface area contributed by atoms with Gasteiger partial charge in [-0.2, -0.15) is 16.4 Å². The second kappa shape index (κ2) is 13.3. The number of nitrogens with two attached hydrogens (primary N) is 1. The van der Waals surface area contributed by atoms with E-state index in [9.17, 15) is 9.90 Å². The van der Waals surface area contributed by atoms with Gasteiger partial charge in [0.2, 0.25) is 0 Å². The number of rotatable bonds is 7. The van der Waals surface area contributed by atoms with E-state index in [1.807, 2.05) is 37.4 Å². The van der Waals surface area contributed by atoms with Gasteiger partial charge >= 0.3 is 0 Å². The first kappa shape index (κ1) is 32.2. The molecule has 1 aliphatic rings. The van der Waals surface area contributed by atoms with Gasteiger partial charge in [0.05, 0.1) is 24.2 Å². The zero-order chi connectivity index (χ0) is 27.9. The van der Waals surface area contributed by atoms with E-state index in [1.165, 1.54) is 16.5 Å². The van der Waals surface area contributed by atoms with Crippen LogP contribution in [0.5, 0.6) is 0 Å². The Morgan fingerprint density at radius 3 is 2.38 bits per heavy atom. The predicted molar refractivity (Wildman–Crippen MR) is 175 cm³/mol. The van der Waals surface area contributed by atoms with E-state index >= 15 is 0 Å². The van der Waals surface area contributed by atoms with Crippen molar-refractivity contribution in [3.8, 4) is 22.4 Å². The average molecular weight is 648 g/mol. The van der Waals surface area contributed by atoms with E-state index in [-0.39, 0.29) is 36.9 Å². The lowest BCUT2D eigenvalue weighted by Crippen LogP contribution is -2.47. The highest BCUT2D eigenvalue weighted by Gasteiger charge is 2.33. The van der Waals surface area contributed by atoms with Crippen molar-refractivity contribution in [3.63, 3.8) is 0 Å². The van der Waals surface area contributed by atoms with Crippen molar-refractivity contribution in [3.05, 3.63) is 92.1 Å². The van der Waals surface area contributed by atoms with Crippen LogP contribution in [0.2, 0.25) is 5.02 Å². The molecule has 0 spiro atoms. The Labute approximate surface area is 265 Å². The Morgan fingerprint density at radius 2 is 1.74 bits per heavy atom. The number of halogens is 3. The molecule has 5 aromatic rings. The third-order valence-corrected chi connectivity index (χ3v) is 8.86. The van der Waals surface area contributed by atoms with Crippen LogP contribution in [0.4, 0.5) is 0 Å². The van der Waals surface area contributed by atoms with Crippen LogP contribution in [-0.2, 0) is 26.7 Å². The van der Waals surface area contributed by atoms with Crippen LogP contribution in [0.15, 0.2) is 70.4 Å². The molecule has 0 unspecified atom stereocenters. The minimum absolute atomic E-state index is 0. The number of aliphatic hydroxyl groups is 1. The van der Waals surface area contributed by atoms with Crippen molar-refractivity contribution >= 4 is 58.8 Å².